The minimum Gasteiger partial charge on any atom is -0.495 e. The van der Waals surface area contributed by atoms with Gasteiger partial charge in [-0.2, -0.15) is 0 Å². The zero-order valence-electron chi connectivity index (χ0n) is 9.62. The molecule has 0 aliphatic rings. The topological polar surface area (TPSA) is 22.1 Å². The maximum absolute atomic E-state index is 6.08. The summed E-state index contributed by atoms with van der Waals surface area (Å²) >= 11 is 6.08. The first-order chi connectivity index (χ1) is 7.61. The predicted octanol–water partition coefficient (Wildman–Crippen LogP) is 4.02. The summed E-state index contributed by atoms with van der Waals surface area (Å²) in [7, 11) is 1.61. The first-order valence-electron chi connectivity index (χ1n) is 5.25. The Bertz CT molecular complexity index is 523. The van der Waals surface area contributed by atoms with E-state index >= 15 is 0 Å². The largest absolute Gasteiger partial charge is 0.495 e. The first-order valence-corrected chi connectivity index (χ1v) is 5.63. The molecular formula is C13H14ClNO. The van der Waals surface area contributed by atoms with Gasteiger partial charge >= 0.3 is 0 Å². The highest BCUT2D eigenvalue weighted by molar-refractivity contribution is 6.32. The van der Waals surface area contributed by atoms with E-state index in [1.54, 1.807) is 7.11 Å². The average Bonchev–Trinajstić information content (AvgIpc) is 2.27. The van der Waals surface area contributed by atoms with Crippen molar-refractivity contribution in [3.05, 3.63) is 35.0 Å². The number of benzene rings is 1. The van der Waals surface area contributed by atoms with E-state index in [1.807, 2.05) is 18.3 Å². The van der Waals surface area contributed by atoms with Crippen molar-refractivity contribution in [3.63, 3.8) is 0 Å². The molecule has 0 amide bonds. The number of fused-ring (bicyclic) bond motifs is 1. The fourth-order valence-electron chi connectivity index (χ4n) is 1.62. The Labute approximate surface area is 100 Å². The molecule has 0 N–H and O–H groups in total. The highest BCUT2D eigenvalue weighted by Crippen LogP contribution is 2.30. The molecule has 0 unspecified atom stereocenters. The number of halogens is 1. The van der Waals surface area contributed by atoms with E-state index in [0.29, 0.717) is 16.7 Å². The maximum atomic E-state index is 6.08. The second kappa shape index (κ2) is 4.30. The maximum Gasteiger partial charge on any atom is 0.139 e. The molecule has 0 fully saturated rings. The number of aromatic nitrogens is 1. The Morgan fingerprint density at radius 2 is 2.00 bits per heavy atom. The molecule has 0 spiro atoms. The van der Waals surface area contributed by atoms with Gasteiger partial charge in [0.15, 0.2) is 0 Å². The third kappa shape index (κ3) is 1.98. The quantitative estimate of drug-likeness (QED) is 0.784. The molecule has 0 aliphatic heterocycles. The molecule has 84 valence electrons. The van der Waals surface area contributed by atoms with E-state index in [9.17, 15) is 0 Å². The molecular weight excluding hydrogens is 222 g/mol. The van der Waals surface area contributed by atoms with E-state index in [2.05, 4.69) is 24.9 Å². The average molecular weight is 236 g/mol. The minimum atomic E-state index is 0.470. The van der Waals surface area contributed by atoms with Crippen molar-refractivity contribution in [3.8, 4) is 5.75 Å². The third-order valence-electron chi connectivity index (χ3n) is 2.64. The summed E-state index contributed by atoms with van der Waals surface area (Å²) in [6.45, 7) is 4.29. The fourth-order valence-corrected chi connectivity index (χ4v) is 1.87. The van der Waals surface area contributed by atoms with Gasteiger partial charge in [-0.3, -0.25) is 4.98 Å². The number of methoxy groups -OCH3 is 1. The van der Waals surface area contributed by atoms with Crippen molar-refractivity contribution >= 4 is 22.5 Å². The molecule has 1 aromatic carbocycles. The fraction of sp³-hybridized carbons (Fsp3) is 0.308. The monoisotopic (exact) mass is 235 g/mol. The van der Waals surface area contributed by atoms with Crippen LogP contribution in [0.15, 0.2) is 24.4 Å². The highest BCUT2D eigenvalue weighted by Gasteiger charge is 2.06. The van der Waals surface area contributed by atoms with E-state index < -0.39 is 0 Å². The number of hydrogen-bond acceptors (Lipinski definition) is 2. The second-order valence-electron chi connectivity index (χ2n) is 4.10. The van der Waals surface area contributed by atoms with Crippen LogP contribution in [0.4, 0.5) is 0 Å². The number of rotatable bonds is 2. The van der Waals surface area contributed by atoms with Crippen LogP contribution in [0, 0.1) is 0 Å². The number of pyridine rings is 1. The number of ether oxygens (including phenoxy) is 1. The highest BCUT2D eigenvalue weighted by atomic mass is 35.5. The van der Waals surface area contributed by atoms with Gasteiger partial charge in [-0.05, 0) is 23.6 Å². The molecule has 2 rings (SSSR count). The van der Waals surface area contributed by atoms with Crippen LogP contribution in [0.25, 0.3) is 10.9 Å². The molecule has 3 heteroatoms. The molecule has 1 aromatic heterocycles. The van der Waals surface area contributed by atoms with Gasteiger partial charge in [-0.15, -0.1) is 0 Å². The van der Waals surface area contributed by atoms with Crippen LogP contribution in [0.2, 0.25) is 5.02 Å². The van der Waals surface area contributed by atoms with Crippen molar-refractivity contribution in [2.45, 2.75) is 19.8 Å². The molecule has 0 saturated carbocycles. The molecule has 0 aliphatic carbocycles. The van der Waals surface area contributed by atoms with Crippen molar-refractivity contribution in [2.75, 3.05) is 7.11 Å². The Morgan fingerprint density at radius 3 is 2.62 bits per heavy atom. The number of hydrogen-bond donors (Lipinski definition) is 0. The minimum absolute atomic E-state index is 0.470. The van der Waals surface area contributed by atoms with Crippen LogP contribution in [0.5, 0.6) is 5.75 Å². The van der Waals surface area contributed by atoms with Gasteiger partial charge in [-0.1, -0.05) is 25.4 Å². The summed E-state index contributed by atoms with van der Waals surface area (Å²) in [5, 5.41) is 1.68. The van der Waals surface area contributed by atoms with Crippen LogP contribution in [-0.2, 0) is 0 Å². The van der Waals surface area contributed by atoms with Gasteiger partial charge in [0, 0.05) is 17.6 Å². The molecule has 1 heterocycles. The summed E-state index contributed by atoms with van der Waals surface area (Å²) in [5.41, 5.74) is 2.12. The van der Waals surface area contributed by atoms with E-state index in [-0.39, 0.29) is 0 Å². The van der Waals surface area contributed by atoms with Crippen LogP contribution in [-0.4, -0.2) is 12.1 Å². The molecule has 0 radical (unpaired) electrons. The first kappa shape index (κ1) is 11.2. The van der Waals surface area contributed by atoms with E-state index in [4.69, 9.17) is 16.3 Å². The predicted molar refractivity (Wildman–Crippen MR) is 67.4 cm³/mol. The van der Waals surface area contributed by atoms with Gasteiger partial charge in [0.2, 0.25) is 0 Å². The van der Waals surface area contributed by atoms with Crippen molar-refractivity contribution in [1.82, 2.24) is 4.98 Å². The molecule has 0 saturated heterocycles. The number of nitrogens with zero attached hydrogens (tertiary/aromatic N) is 1. The summed E-state index contributed by atoms with van der Waals surface area (Å²) in [4.78, 5) is 4.41. The van der Waals surface area contributed by atoms with Crippen LogP contribution in [0.1, 0.15) is 25.3 Å². The lowest BCUT2D eigenvalue weighted by molar-refractivity contribution is 0.415. The van der Waals surface area contributed by atoms with Crippen LogP contribution in [0.3, 0.4) is 0 Å². The lowest BCUT2D eigenvalue weighted by atomic mass is 10.0. The molecule has 0 atom stereocenters. The molecule has 2 nitrogen and oxygen atoms in total. The van der Waals surface area contributed by atoms with Crippen molar-refractivity contribution in [2.24, 2.45) is 0 Å². The third-order valence-corrected chi connectivity index (χ3v) is 2.94. The zero-order valence-corrected chi connectivity index (χ0v) is 10.4. The van der Waals surface area contributed by atoms with Crippen LogP contribution >= 0.6 is 11.6 Å². The Balaban J connectivity index is 2.62. The van der Waals surface area contributed by atoms with Crippen molar-refractivity contribution < 1.29 is 4.74 Å². The molecule has 2 aromatic rings. The summed E-state index contributed by atoms with van der Waals surface area (Å²) in [5.74, 6) is 1.14. The lowest BCUT2D eigenvalue weighted by Crippen LogP contribution is -1.91. The standard InChI is InChI=1S/C13H14ClNO/c1-8(2)10-4-9-5-11(14)13(16-3)6-12(9)15-7-10/h4-8H,1-3H3. The summed E-state index contributed by atoms with van der Waals surface area (Å²) < 4.78 is 5.16. The SMILES string of the molecule is COc1cc2ncc(C(C)C)cc2cc1Cl. The van der Waals surface area contributed by atoms with Gasteiger partial charge < -0.3 is 4.74 Å². The summed E-state index contributed by atoms with van der Waals surface area (Å²) in [6.07, 6.45) is 1.90. The van der Waals surface area contributed by atoms with Gasteiger partial charge in [-0.25, -0.2) is 0 Å². The zero-order chi connectivity index (χ0) is 11.7. The Morgan fingerprint density at radius 1 is 1.25 bits per heavy atom. The Kier molecular flexibility index (Phi) is 3.01. The molecule has 0 bridgehead atoms. The van der Waals surface area contributed by atoms with Crippen LogP contribution < -0.4 is 4.74 Å². The second-order valence-corrected chi connectivity index (χ2v) is 4.51. The van der Waals surface area contributed by atoms with Gasteiger partial charge in [0.25, 0.3) is 0 Å². The van der Waals surface area contributed by atoms with E-state index in [1.165, 1.54) is 5.56 Å². The Hall–Kier alpha value is -1.28. The van der Waals surface area contributed by atoms with Gasteiger partial charge in [0.1, 0.15) is 5.75 Å². The van der Waals surface area contributed by atoms with Gasteiger partial charge in [0.05, 0.1) is 17.6 Å². The lowest BCUT2D eigenvalue weighted by Gasteiger charge is -2.08. The van der Waals surface area contributed by atoms with Crippen molar-refractivity contribution in [1.29, 1.82) is 0 Å². The smallest absolute Gasteiger partial charge is 0.139 e. The normalized spacial score (nSPS) is 11.1. The van der Waals surface area contributed by atoms with E-state index in [0.717, 1.165) is 10.9 Å². The molecule has 16 heavy (non-hydrogen) atoms. The summed E-state index contributed by atoms with van der Waals surface area (Å²) in [6, 6.07) is 5.88.